The summed E-state index contributed by atoms with van der Waals surface area (Å²) in [6, 6.07) is 18.6. The number of fused-ring (bicyclic) bond motifs is 2. The van der Waals surface area contributed by atoms with Crippen molar-refractivity contribution in [3.63, 3.8) is 0 Å². The van der Waals surface area contributed by atoms with Gasteiger partial charge in [-0.25, -0.2) is 18.0 Å². The summed E-state index contributed by atoms with van der Waals surface area (Å²) in [4.78, 5) is 8.10. The van der Waals surface area contributed by atoms with Crippen LogP contribution in [-0.2, 0) is 21.6 Å². The fourth-order valence-electron chi connectivity index (χ4n) is 2.65. The van der Waals surface area contributed by atoms with E-state index >= 15 is 0 Å². The molecule has 0 aliphatic rings. The molecular weight excluding hydrogens is 354 g/mol. The van der Waals surface area contributed by atoms with Gasteiger partial charge in [0.2, 0.25) is 15.9 Å². The van der Waals surface area contributed by atoms with E-state index in [1.54, 1.807) is 0 Å². The molecule has 0 bridgehead atoms. The normalized spacial score (nSPS) is 11.3. The van der Waals surface area contributed by atoms with Crippen LogP contribution in [0.2, 0.25) is 0 Å². The lowest BCUT2D eigenvalue weighted by Gasteiger charge is -2.02. The van der Waals surface area contributed by atoms with Gasteiger partial charge in [-0.15, -0.1) is 0 Å². The molecule has 0 saturated heterocycles. The van der Waals surface area contributed by atoms with Crippen LogP contribution in [0, 0.1) is 0 Å². The van der Waals surface area contributed by atoms with Gasteiger partial charge in [0.15, 0.2) is 6.20 Å². The first kappa shape index (κ1) is 18.0. The molecular formula is C18H17N3O4S. The van der Waals surface area contributed by atoms with Crippen molar-refractivity contribution in [2.24, 2.45) is 7.05 Å². The highest BCUT2D eigenvalue weighted by Gasteiger charge is 2.13. The summed E-state index contributed by atoms with van der Waals surface area (Å²) in [7, 11) is -1.54. The lowest BCUT2D eigenvalue weighted by molar-refractivity contribution is -0.644. The highest BCUT2D eigenvalue weighted by molar-refractivity contribution is 7.80. The van der Waals surface area contributed by atoms with Gasteiger partial charge in [0, 0.05) is 17.7 Å². The molecule has 4 rings (SSSR count). The maximum absolute atomic E-state index is 9.22. The largest absolute Gasteiger partial charge is 0.726 e. The molecule has 0 spiro atoms. The van der Waals surface area contributed by atoms with Gasteiger partial charge in [-0.1, -0.05) is 24.3 Å². The van der Waals surface area contributed by atoms with E-state index in [0.29, 0.717) is 0 Å². The quantitative estimate of drug-likeness (QED) is 0.331. The van der Waals surface area contributed by atoms with Crippen molar-refractivity contribution >= 4 is 32.3 Å². The van der Waals surface area contributed by atoms with Crippen LogP contribution in [0.3, 0.4) is 0 Å². The number of nitrogens with zero attached hydrogens (tertiary/aromatic N) is 2. The van der Waals surface area contributed by atoms with Crippen LogP contribution < -0.4 is 4.57 Å². The van der Waals surface area contributed by atoms with Crippen LogP contribution in [0.4, 0.5) is 0 Å². The van der Waals surface area contributed by atoms with Crippen molar-refractivity contribution in [2.75, 3.05) is 7.11 Å². The molecule has 2 aromatic carbocycles. The third kappa shape index (κ3) is 3.88. The van der Waals surface area contributed by atoms with Crippen molar-refractivity contribution in [3.05, 3.63) is 60.8 Å². The van der Waals surface area contributed by atoms with Crippen LogP contribution in [-0.4, -0.2) is 30.0 Å². The Kier molecular flexibility index (Phi) is 4.99. The summed E-state index contributed by atoms with van der Waals surface area (Å²) in [5.74, 6) is 0.919. The molecule has 134 valence electrons. The minimum Gasteiger partial charge on any atom is -0.726 e. The van der Waals surface area contributed by atoms with Crippen molar-refractivity contribution in [1.29, 1.82) is 0 Å². The fraction of sp³-hybridized carbons (Fsp3) is 0.111. The summed E-state index contributed by atoms with van der Waals surface area (Å²) in [6.45, 7) is 0. The summed E-state index contributed by atoms with van der Waals surface area (Å²) >= 11 is 0. The molecule has 0 radical (unpaired) electrons. The van der Waals surface area contributed by atoms with Gasteiger partial charge in [0.25, 0.3) is 0 Å². The van der Waals surface area contributed by atoms with Gasteiger partial charge in [-0.05, 0) is 18.2 Å². The Hall–Kier alpha value is -2.81. The molecule has 0 unspecified atom stereocenters. The fourth-order valence-corrected chi connectivity index (χ4v) is 2.65. The van der Waals surface area contributed by atoms with Crippen molar-refractivity contribution < 1.29 is 21.7 Å². The van der Waals surface area contributed by atoms with E-state index in [4.69, 9.17) is 4.98 Å². The number of imidazole rings is 1. The van der Waals surface area contributed by atoms with Gasteiger partial charge >= 0.3 is 0 Å². The van der Waals surface area contributed by atoms with E-state index < -0.39 is 10.4 Å². The number of aromatic amines is 1. The number of aromatic nitrogens is 3. The second-order valence-corrected chi connectivity index (χ2v) is 6.68. The zero-order valence-electron chi connectivity index (χ0n) is 14.2. The van der Waals surface area contributed by atoms with Crippen LogP contribution in [0.15, 0.2) is 60.8 Å². The number of aryl methyl sites for hydroxylation is 1. The lowest BCUT2D eigenvalue weighted by Crippen LogP contribution is -2.28. The van der Waals surface area contributed by atoms with E-state index in [1.165, 1.54) is 10.9 Å². The van der Waals surface area contributed by atoms with Gasteiger partial charge in [-0.3, -0.25) is 4.18 Å². The third-order valence-electron chi connectivity index (χ3n) is 3.89. The minimum absolute atomic E-state index is 0.808. The number of nitrogens with one attached hydrogen (secondary N) is 1. The predicted molar refractivity (Wildman–Crippen MR) is 96.9 cm³/mol. The molecule has 7 nitrogen and oxygen atoms in total. The summed E-state index contributed by atoms with van der Waals surface area (Å²) in [5, 5.41) is 1.21. The van der Waals surface area contributed by atoms with Crippen molar-refractivity contribution in [3.8, 4) is 11.4 Å². The van der Waals surface area contributed by atoms with E-state index in [1.807, 2.05) is 18.2 Å². The Labute approximate surface area is 150 Å². The number of benzene rings is 2. The molecule has 0 aliphatic carbocycles. The molecule has 0 fully saturated rings. The summed E-state index contributed by atoms with van der Waals surface area (Å²) in [5.41, 5.74) is 4.40. The number of para-hydroxylation sites is 3. The van der Waals surface area contributed by atoms with Gasteiger partial charge in [0.1, 0.15) is 12.9 Å². The highest BCUT2D eigenvalue weighted by Crippen LogP contribution is 2.26. The van der Waals surface area contributed by atoms with Gasteiger partial charge in [0.05, 0.1) is 23.5 Å². The average Bonchev–Trinajstić information content (AvgIpc) is 3.06. The Morgan fingerprint density at radius 2 is 1.73 bits per heavy atom. The smallest absolute Gasteiger partial charge is 0.217 e. The number of rotatable bonds is 2. The van der Waals surface area contributed by atoms with E-state index in [-0.39, 0.29) is 0 Å². The third-order valence-corrected chi connectivity index (χ3v) is 4.30. The number of hydrogen-bond donors (Lipinski definition) is 1. The Morgan fingerprint density at radius 1 is 1.08 bits per heavy atom. The van der Waals surface area contributed by atoms with Crippen molar-refractivity contribution in [1.82, 2.24) is 9.97 Å². The lowest BCUT2D eigenvalue weighted by atomic mass is 10.1. The Bertz CT molecular complexity index is 1140. The molecule has 0 aliphatic heterocycles. The molecule has 1 N–H and O–H groups in total. The average molecular weight is 371 g/mol. The SMILES string of the molecule is COS(=O)(=O)[O-].C[n+]1ccc(-c2nc3ccccc3[nH]2)c2ccccc21. The first-order valence-corrected chi connectivity index (χ1v) is 9.06. The monoisotopic (exact) mass is 371 g/mol. The zero-order chi connectivity index (χ0) is 18.7. The molecule has 2 heterocycles. The first-order chi connectivity index (χ1) is 12.4. The molecule has 0 amide bonds. The zero-order valence-corrected chi connectivity index (χ0v) is 15.0. The molecule has 4 aromatic rings. The second kappa shape index (κ2) is 7.20. The Morgan fingerprint density at radius 3 is 2.42 bits per heavy atom. The predicted octanol–water partition coefficient (Wildman–Crippen LogP) is 2.30. The van der Waals surface area contributed by atoms with Crippen LogP contribution in [0.5, 0.6) is 0 Å². The van der Waals surface area contributed by atoms with E-state index in [2.05, 4.69) is 63.4 Å². The van der Waals surface area contributed by atoms with Crippen LogP contribution in [0.25, 0.3) is 33.3 Å². The van der Waals surface area contributed by atoms with Gasteiger partial charge < -0.3 is 9.54 Å². The number of H-pyrrole nitrogens is 1. The summed E-state index contributed by atoms with van der Waals surface area (Å²) < 4.78 is 33.1. The molecule has 26 heavy (non-hydrogen) atoms. The van der Waals surface area contributed by atoms with Gasteiger partial charge in [-0.2, -0.15) is 0 Å². The van der Waals surface area contributed by atoms with Crippen molar-refractivity contribution in [2.45, 2.75) is 0 Å². The second-order valence-electron chi connectivity index (χ2n) is 5.53. The summed E-state index contributed by atoms with van der Waals surface area (Å²) in [6.07, 6.45) is 2.07. The topological polar surface area (TPSA) is 99.0 Å². The standard InChI is InChI=1S/C17H13N3.CH4O4S/c1-20-11-10-13(12-6-2-5-9-16(12)20)17-18-14-7-3-4-8-15(14)19-17;1-5-6(2,3)4/h2-11H,1H3;1H3,(H,2,3,4). The van der Waals surface area contributed by atoms with Crippen LogP contribution in [0.1, 0.15) is 0 Å². The van der Waals surface area contributed by atoms with E-state index in [0.717, 1.165) is 29.5 Å². The Balaban J connectivity index is 0.000000286. The molecule has 0 saturated carbocycles. The molecule has 0 atom stereocenters. The highest BCUT2D eigenvalue weighted by atomic mass is 32.3. The number of pyridine rings is 1. The van der Waals surface area contributed by atoms with Crippen LogP contribution >= 0.6 is 0 Å². The maximum Gasteiger partial charge on any atom is 0.217 e. The van der Waals surface area contributed by atoms with E-state index in [9.17, 15) is 13.0 Å². The molecule has 2 aromatic heterocycles. The maximum atomic E-state index is 9.22. The molecule has 8 heteroatoms. The first-order valence-electron chi connectivity index (χ1n) is 7.73. The number of hydrogen-bond acceptors (Lipinski definition) is 5. The minimum atomic E-state index is -4.41.